The molecule has 0 spiro atoms. The van der Waals surface area contributed by atoms with Crippen LogP contribution in [0.3, 0.4) is 0 Å². The molecule has 2 unspecified atom stereocenters. The van der Waals surface area contributed by atoms with E-state index in [0.29, 0.717) is 17.1 Å². The number of thiocarbonyl (C=S) groups is 1. The van der Waals surface area contributed by atoms with Crippen molar-refractivity contribution in [1.29, 1.82) is 0 Å². The van der Waals surface area contributed by atoms with Gasteiger partial charge in [-0.2, -0.15) is 0 Å². The fraction of sp³-hybridized carbons (Fsp3) is 0.818. The third-order valence-electron chi connectivity index (χ3n) is 3.69. The van der Waals surface area contributed by atoms with Crippen LogP contribution in [0.25, 0.3) is 0 Å². The SMILES string of the molecule is CCC(CC(N)=S)N1CCN2C(=O)NCC2C1. The summed E-state index contributed by atoms with van der Waals surface area (Å²) in [5.74, 6) is 0. The molecule has 3 N–H and O–H groups in total. The molecule has 2 fully saturated rings. The van der Waals surface area contributed by atoms with Gasteiger partial charge in [0.1, 0.15) is 0 Å². The van der Waals surface area contributed by atoms with Crippen LogP contribution in [-0.2, 0) is 0 Å². The van der Waals surface area contributed by atoms with E-state index in [1.807, 2.05) is 4.90 Å². The maximum absolute atomic E-state index is 11.5. The summed E-state index contributed by atoms with van der Waals surface area (Å²) < 4.78 is 0. The molecule has 2 saturated heterocycles. The molecule has 2 rings (SSSR count). The molecule has 2 aliphatic heterocycles. The summed E-state index contributed by atoms with van der Waals surface area (Å²) in [5, 5.41) is 2.89. The lowest BCUT2D eigenvalue weighted by Gasteiger charge is -2.40. The number of hydrogen-bond acceptors (Lipinski definition) is 3. The lowest BCUT2D eigenvalue weighted by Crippen LogP contribution is -2.55. The predicted molar refractivity (Wildman–Crippen MR) is 70.9 cm³/mol. The molecule has 2 amide bonds. The molecule has 0 bridgehead atoms. The van der Waals surface area contributed by atoms with Crippen molar-refractivity contribution in [3.63, 3.8) is 0 Å². The summed E-state index contributed by atoms with van der Waals surface area (Å²) in [6.45, 7) is 5.58. The van der Waals surface area contributed by atoms with Crippen molar-refractivity contribution in [2.75, 3.05) is 26.2 Å². The molecule has 0 saturated carbocycles. The number of rotatable bonds is 4. The van der Waals surface area contributed by atoms with Gasteiger partial charge in [0.2, 0.25) is 0 Å². The molecule has 0 aromatic rings. The van der Waals surface area contributed by atoms with E-state index in [2.05, 4.69) is 17.1 Å². The number of hydrogen-bond donors (Lipinski definition) is 2. The summed E-state index contributed by atoms with van der Waals surface area (Å²) in [6.07, 6.45) is 1.82. The highest BCUT2D eigenvalue weighted by Crippen LogP contribution is 2.18. The number of carbonyl (C=O) groups excluding carboxylic acids is 1. The third-order valence-corrected chi connectivity index (χ3v) is 3.86. The van der Waals surface area contributed by atoms with Crippen LogP contribution in [0.1, 0.15) is 19.8 Å². The molecule has 0 aromatic heterocycles. The van der Waals surface area contributed by atoms with Crippen LogP contribution in [0.5, 0.6) is 0 Å². The second-order valence-electron chi connectivity index (χ2n) is 4.76. The lowest BCUT2D eigenvalue weighted by atomic mass is 10.1. The minimum Gasteiger partial charge on any atom is -0.393 e. The van der Waals surface area contributed by atoms with Crippen LogP contribution < -0.4 is 11.1 Å². The van der Waals surface area contributed by atoms with Crippen molar-refractivity contribution >= 4 is 23.2 Å². The van der Waals surface area contributed by atoms with Gasteiger partial charge < -0.3 is 16.0 Å². The van der Waals surface area contributed by atoms with E-state index in [0.717, 1.165) is 39.0 Å². The molecular weight excluding hydrogens is 236 g/mol. The van der Waals surface area contributed by atoms with E-state index in [9.17, 15) is 4.79 Å². The van der Waals surface area contributed by atoms with Gasteiger partial charge >= 0.3 is 6.03 Å². The molecule has 96 valence electrons. The second kappa shape index (κ2) is 5.18. The zero-order valence-corrected chi connectivity index (χ0v) is 11.0. The van der Waals surface area contributed by atoms with Crippen molar-refractivity contribution in [3.05, 3.63) is 0 Å². The van der Waals surface area contributed by atoms with Crippen LogP contribution in [0.15, 0.2) is 0 Å². The summed E-state index contributed by atoms with van der Waals surface area (Å²) >= 11 is 4.99. The van der Waals surface area contributed by atoms with Gasteiger partial charge in [-0.05, 0) is 6.42 Å². The third kappa shape index (κ3) is 2.69. The van der Waals surface area contributed by atoms with E-state index >= 15 is 0 Å². The Balaban J connectivity index is 1.95. The fourth-order valence-corrected chi connectivity index (χ4v) is 2.92. The lowest BCUT2D eigenvalue weighted by molar-refractivity contribution is 0.0886. The van der Waals surface area contributed by atoms with E-state index in [-0.39, 0.29) is 6.03 Å². The first kappa shape index (κ1) is 12.6. The van der Waals surface area contributed by atoms with Crippen LogP contribution in [0.4, 0.5) is 4.79 Å². The summed E-state index contributed by atoms with van der Waals surface area (Å²) in [4.78, 5) is 16.4. The largest absolute Gasteiger partial charge is 0.393 e. The predicted octanol–water partition coefficient (Wildman–Crippen LogP) is 0.151. The van der Waals surface area contributed by atoms with Crippen molar-refractivity contribution in [2.24, 2.45) is 5.73 Å². The fourth-order valence-electron chi connectivity index (χ4n) is 2.72. The van der Waals surface area contributed by atoms with Crippen LogP contribution >= 0.6 is 12.2 Å². The molecule has 5 nitrogen and oxygen atoms in total. The molecule has 17 heavy (non-hydrogen) atoms. The number of piperazine rings is 1. The average Bonchev–Trinajstić information content (AvgIpc) is 2.67. The number of fused-ring (bicyclic) bond motifs is 1. The number of urea groups is 1. The van der Waals surface area contributed by atoms with Crippen molar-refractivity contribution in [1.82, 2.24) is 15.1 Å². The molecule has 2 heterocycles. The van der Waals surface area contributed by atoms with Crippen LogP contribution in [0, 0.1) is 0 Å². The Kier molecular flexibility index (Phi) is 3.83. The van der Waals surface area contributed by atoms with Gasteiger partial charge in [-0.25, -0.2) is 4.79 Å². The van der Waals surface area contributed by atoms with Gasteiger partial charge in [0, 0.05) is 38.6 Å². The van der Waals surface area contributed by atoms with Crippen molar-refractivity contribution < 1.29 is 4.79 Å². The Bertz CT molecular complexity index is 323. The molecule has 2 aliphatic rings. The number of amides is 2. The van der Waals surface area contributed by atoms with Gasteiger partial charge in [-0.15, -0.1) is 0 Å². The Labute approximate surface area is 107 Å². The van der Waals surface area contributed by atoms with Crippen molar-refractivity contribution in [2.45, 2.75) is 31.8 Å². The number of nitrogens with two attached hydrogens (primary N) is 1. The zero-order valence-electron chi connectivity index (χ0n) is 10.2. The standard InChI is InChI=1S/C11H20N4OS/c1-2-8(5-10(12)17)14-3-4-15-9(7-14)6-13-11(15)16/h8-9H,2-7H2,1H3,(H2,12,17)(H,13,16). The molecular formula is C11H20N4OS. The Morgan fingerprint density at radius 1 is 1.65 bits per heavy atom. The molecule has 0 aliphatic carbocycles. The first-order valence-corrected chi connectivity index (χ1v) is 6.59. The van der Waals surface area contributed by atoms with Crippen LogP contribution in [0.2, 0.25) is 0 Å². The minimum absolute atomic E-state index is 0.0806. The monoisotopic (exact) mass is 256 g/mol. The van der Waals surface area contributed by atoms with Gasteiger partial charge in [-0.3, -0.25) is 4.90 Å². The van der Waals surface area contributed by atoms with E-state index in [1.165, 1.54) is 0 Å². The van der Waals surface area contributed by atoms with E-state index < -0.39 is 0 Å². The highest BCUT2D eigenvalue weighted by Gasteiger charge is 2.36. The van der Waals surface area contributed by atoms with Gasteiger partial charge in [0.15, 0.2) is 0 Å². The maximum atomic E-state index is 11.5. The molecule has 0 aromatic carbocycles. The first-order chi connectivity index (χ1) is 8.11. The normalized spacial score (nSPS) is 26.5. The smallest absolute Gasteiger partial charge is 0.317 e. The van der Waals surface area contributed by atoms with Gasteiger partial charge in [-0.1, -0.05) is 19.1 Å². The highest BCUT2D eigenvalue weighted by atomic mass is 32.1. The highest BCUT2D eigenvalue weighted by molar-refractivity contribution is 7.80. The van der Waals surface area contributed by atoms with Crippen LogP contribution in [-0.4, -0.2) is 59.1 Å². The zero-order chi connectivity index (χ0) is 12.4. The average molecular weight is 256 g/mol. The molecule has 0 radical (unpaired) electrons. The summed E-state index contributed by atoms with van der Waals surface area (Å²) in [6, 6.07) is 0.819. The first-order valence-electron chi connectivity index (χ1n) is 6.18. The Morgan fingerprint density at radius 2 is 2.41 bits per heavy atom. The summed E-state index contributed by atoms with van der Waals surface area (Å²) in [5.41, 5.74) is 5.63. The number of nitrogens with one attached hydrogen (secondary N) is 1. The van der Waals surface area contributed by atoms with E-state index in [4.69, 9.17) is 18.0 Å². The molecule has 2 atom stereocenters. The van der Waals surface area contributed by atoms with Crippen molar-refractivity contribution in [3.8, 4) is 0 Å². The van der Waals surface area contributed by atoms with E-state index in [1.54, 1.807) is 0 Å². The van der Waals surface area contributed by atoms with Gasteiger partial charge in [0.25, 0.3) is 0 Å². The Hall–Kier alpha value is -0.880. The number of carbonyl (C=O) groups is 1. The maximum Gasteiger partial charge on any atom is 0.317 e. The topological polar surface area (TPSA) is 61.6 Å². The van der Waals surface area contributed by atoms with Gasteiger partial charge in [0.05, 0.1) is 11.0 Å². The minimum atomic E-state index is 0.0806. The quantitative estimate of drug-likeness (QED) is 0.703. The second-order valence-corrected chi connectivity index (χ2v) is 5.29. The Morgan fingerprint density at radius 3 is 3.06 bits per heavy atom. The molecule has 6 heteroatoms. The number of nitrogens with zero attached hydrogens (tertiary/aromatic N) is 2. The summed E-state index contributed by atoms with van der Waals surface area (Å²) in [7, 11) is 0.